The predicted molar refractivity (Wildman–Crippen MR) is 97.9 cm³/mol. The maximum absolute atomic E-state index is 11.9. The van der Waals surface area contributed by atoms with E-state index in [4.69, 9.17) is 9.47 Å². The van der Waals surface area contributed by atoms with Crippen molar-refractivity contribution in [1.29, 1.82) is 0 Å². The smallest absolute Gasteiger partial charge is 0.243 e. The van der Waals surface area contributed by atoms with E-state index in [1.807, 2.05) is 31.2 Å². The van der Waals surface area contributed by atoms with Crippen LogP contribution in [0.3, 0.4) is 0 Å². The van der Waals surface area contributed by atoms with Crippen molar-refractivity contribution in [2.75, 3.05) is 41.0 Å². The third-order valence-corrected chi connectivity index (χ3v) is 3.94. The van der Waals surface area contributed by atoms with Crippen LogP contribution in [0, 0.1) is 0 Å². The third-order valence-electron chi connectivity index (χ3n) is 3.94. The number of methoxy groups -OCH3 is 1. The van der Waals surface area contributed by atoms with Crippen LogP contribution in [-0.4, -0.2) is 63.8 Å². The topological polar surface area (TPSA) is 75.2 Å². The van der Waals surface area contributed by atoms with E-state index >= 15 is 0 Å². The number of para-hydroxylation sites is 1. The largest absolute Gasteiger partial charge is 0.493 e. The Balaban J connectivity index is 2.12. The number of benzene rings is 1. The number of hydrogen-bond acceptors (Lipinski definition) is 4. The van der Waals surface area contributed by atoms with Crippen LogP contribution in [-0.2, 0) is 9.53 Å². The van der Waals surface area contributed by atoms with Crippen LogP contribution < -0.4 is 15.4 Å². The summed E-state index contributed by atoms with van der Waals surface area (Å²) in [7, 11) is 5.11. The summed E-state index contributed by atoms with van der Waals surface area (Å²) < 4.78 is 10.9. The second kappa shape index (κ2) is 9.27. The van der Waals surface area contributed by atoms with Crippen LogP contribution in [0.1, 0.15) is 24.9 Å². The molecule has 0 aromatic heterocycles. The van der Waals surface area contributed by atoms with Gasteiger partial charge < -0.3 is 25.0 Å². The summed E-state index contributed by atoms with van der Waals surface area (Å²) >= 11 is 0. The zero-order valence-electron chi connectivity index (χ0n) is 15.4. The van der Waals surface area contributed by atoms with Gasteiger partial charge in [-0.05, 0) is 13.0 Å². The molecular formula is C18H28N4O3. The quantitative estimate of drug-likeness (QED) is 0.596. The molecule has 138 valence electrons. The first-order chi connectivity index (χ1) is 12.0. The number of carbonyl (C=O) groups excluding carboxylic acids is 1. The molecule has 7 nitrogen and oxygen atoms in total. The fourth-order valence-electron chi connectivity index (χ4n) is 2.60. The van der Waals surface area contributed by atoms with Crippen molar-refractivity contribution < 1.29 is 14.3 Å². The molecule has 0 saturated heterocycles. The Morgan fingerprint density at radius 1 is 1.44 bits per heavy atom. The Hall–Kier alpha value is -2.28. The zero-order chi connectivity index (χ0) is 18.2. The molecule has 0 saturated carbocycles. The number of fused-ring (bicyclic) bond motifs is 1. The molecule has 1 aliphatic rings. The van der Waals surface area contributed by atoms with Crippen molar-refractivity contribution in [3.05, 3.63) is 29.8 Å². The van der Waals surface area contributed by atoms with Crippen molar-refractivity contribution in [2.45, 2.75) is 25.4 Å². The minimum Gasteiger partial charge on any atom is -0.493 e. The molecule has 1 aromatic rings. The van der Waals surface area contributed by atoms with E-state index in [1.54, 1.807) is 21.2 Å². The van der Waals surface area contributed by atoms with Gasteiger partial charge in [0.1, 0.15) is 12.3 Å². The number of nitrogens with one attached hydrogen (secondary N) is 2. The molecule has 7 heteroatoms. The minimum atomic E-state index is -0.0483. The molecule has 1 aromatic carbocycles. The Labute approximate surface area is 149 Å². The molecule has 25 heavy (non-hydrogen) atoms. The molecular weight excluding hydrogens is 320 g/mol. The van der Waals surface area contributed by atoms with E-state index in [-0.39, 0.29) is 24.5 Å². The predicted octanol–water partition coefficient (Wildman–Crippen LogP) is 1.17. The van der Waals surface area contributed by atoms with Gasteiger partial charge in [-0.15, -0.1) is 0 Å². The number of likely N-dealkylation sites (N-methyl/N-ethyl adjacent to an activating group) is 1. The lowest BCUT2D eigenvalue weighted by molar-refractivity contribution is -0.127. The number of amides is 1. The van der Waals surface area contributed by atoms with Crippen LogP contribution in [0.2, 0.25) is 0 Å². The highest BCUT2D eigenvalue weighted by Crippen LogP contribution is 2.31. The summed E-state index contributed by atoms with van der Waals surface area (Å²) in [5, 5.41) is 6.72. The van der Waals surface area contributed by atoms with Crippen molar-refractivity contribution in [3.8, 4) is 5.75 Å². The van der Waals surface area contributed by atoms with Crippen LogP contribution >= 0.6 is 0 Å². The van der Waals surface area contributed by atoms with E-state index in [1.165, 1.54) is 4.90 Å². The molecule has 2 rings (SSSR count). The van der Waals surface area contributed by atoms with E-state index in [0.29, 0.717) is 19.2 Å². The number of aliphatic imine (C=N–C) groups is 1. The molecule has 2 unspecified atom stereocenters. The molecule has 0 fully saturated rings. The number of ether oxygens (including phenoxy) is 2. The number of carbonyl (C=O) groups is 1. The number of guanidine groups is 1. The summed E-state index contributed by atoms with van der Waals surface area (Å²) in [4.78, 5) is 17.8. The van der Waals surface area contributed by atoms with Gasteiger partial charge in [-0.1, -0.05) is 18.2 Å². The lowest BCUT2D eigenvalue weighted by atomic mass is 10.0. The van der Waals surface area contributed by atoms with Gasteiger partial charge in [0.2, 0.25) is 5.91 Å². The minimum absolute atomic E-state index is 0.0483. The van der Waals surface area contributed by atoms with Crippen LogP contribution in [0.4, 0.5) is 0 Å². The molecule has 1 amide bonds. The fraction of sp³-hybridized carbons (Fsp3) is 0.556. The lowest BCUT2D eigenvalue weighted by Crippen LogP contribution is -2.46. The van der Waals surface area contributed by atoms with Crippen LogP contribution in [0.15, 0.2) is 29.3 Å². The standard InChI is InChI=1S/C18H28N4O3/c1-13(12-24-4)20-18(19-11-17(23)22(2)3)21-15-9-10-25-16-8-6-5-7-14(15)16/h5-8,13,15H,9-12H2,1-4H3,(H2,19,20,21). The van der Waals surface area contributed by atoms with E-state index in [9.17, 15) is 4.79 Å². The normalized spacial score (nSPS) is 17.9. The monoisotopic (exact) mass is 348 g/mol. The van der Waals surface area contributed by atoms with Crippen LogP contribution in [0.25, 0.3) is 0 Å². The van der Waals surface area contributed by atoms with E-state index < -0.39 is 0 Å². The first-order valence-electron chi connectivity index (χ1n) is 8.49. The van der Waals surface area contributed by atoms with Crippen molar-refractivity contribution in [1.82, 2.24) is 15.5 Å². The molecule has 1 heterocycles. The molecule has 0 radical (unpaired) electrons. The van der Waals surface area contributed by atoms with Gasteiger partial charge in [-0.3, -0.25) is 4.79 Å². The van der Waals surface area contributed by atoms with Gasteiger partial charge in [0.15, 0.2) is 5.96 Å². The van der Waals surface area contributed by atoms with Gasteiger partial charge in [0.05, 0.1) is 19.3 Å². The van der Waals surface area contributed by atoms with Gasteiger partial charge in [-0.2, -0.15) is 0 Å². The van der Waals surface area contributed by atoms with E-state index in [2.05, 4.69) is 15.6 Å². The molecule has 0 aliphatic carbocycles. The second-order valence-electron chi connectivity index (χ2n) is 6.33. The molecule has 2 atom stereocenters. The summed E-state index contributed by atoms with van der Waals surface area (Å²) in [5.41, 5.74) is 1.10. The molecule has 2 N–H and O–H groups in total. The first-order valence-corrected chi connectivity index (χ1v) is 8.49. The molecule has 1 aliphatic heterocycles. The van der Waals surface area contributed by atoms with Gasteiger partial charge >= 0.3 is 0 Å². The first kappa shape index (κ1) is 19.1. The Bertz CT molecular complexity index is 604. The average molecular weight is 348 g/mol. The van der Waals surface area contributed by atoms with Gasteiger partial charge in [-0.25, -0.2) is 4.99 Å². The molecule has 0 bridgehead atoms. The van der Waals surface area contributed by atoms with Crippen LogP contribution in [0.5, 0.6) is 5.75 Å². The SMILES string of the molecule is COCC(C)NC(=NCC(=O)N(C)C)NC1CCOc2ccccc21. The highest BCUT2D eigenvalue weighted by molar-refractivity contribution is 5.85. The highest BCUT2D eigenvalue weighted by atomic mass is 16.5. The number of hydrogen-bond donors (Lipinski definition) is 2. The van der Waals surface area contributed by atoms with Gasteiger partial charge in [0, 0.05) is 39.2 Å². The summed E-state index contributed by atoms with van der Waals surface area (Å²) in [6.45, 7) is 3.29. The van der Waals surface area contributed by atoms with Crippen molar-refractivity contribution in [3.63, 3.8) is 0 Å². The van der Waals surface area contributed by atoms with Crippen molar-refractivity contribution >= 4 is 11.9 Å². The second-order valence-corrected chi connectivity index (χ2v) is 6.33. The van der Waals surface area contributed by atoms with Crippen molar-refractivity contribution in [2.24, 2.45) is 4.99 Å². The maximum Gasteiger partial charge on any atom is 0.243 e. The Morgan fingerprint density at radius 2 is 2.20 bits per heavy atom. The highest BCUT2D eigenvalue weighted by Gasteiger charge is 2.22. The Morgan fingerprint density at radius 3 is 2.92 bits per heavy atom. The third kappa shape index (κ3) is 5.63. The zero-order valence-corrected chi connectivity index (χ0v) is 15.4. The lowest BCUT2D eigenvalue weighted by Gasteiger charge is -2.29. The summed E-state index contributed by atoms with van der Waals surface area (Å²) in [6, 6.07) is 8.13. The Kier molecular flexibility index (Phi) is 7.06. The summed E-state index contributed by atoms with van der Waals surface area (Å²) in [6.07, 6.45) is 0.831. The fourth-order valence-corrected chi connectivity index (χ4v) is 2.60. The number of nitrogens with zero attached hydrogens (tertiary/aromatic N) is 2. The average Bonchev–Trinajstić information content (AvgIpc) is 2.59. The van der Waals surface area contributed by atoms with Gasteiger partial charge in [0.25, 0.3) is 0 Å². The summed E-state index contributed by atoms with van der Waals surface area (Å²) in [5.74, 6) is 1.44. The van der Waals surface area contributed by atoms with E-state index in [0.717, 1.165) is 17.7 Å². The molecule has 0 spiro atoms. The maximum atomic E-state index is 11.9. The number of rotatable bonds is 6.